The molecule has 1 aliphatic carbocycles. The second kappa shape index (κ2) is 3.56. The SMILES string of the molecule is CC1(C)CCC1N.O=CO. The Balaban J connectivity index is 0.000000236. The van der Waals surface area contributed by atoms with Crippen LogP contribution in [0.25, 0.3) is 0 Å². The standard InChI is InChI=1S/C6H13N.CH2O2/c1-6(2)4-3-5(6)7;2-1-3/h5H,3-4,7H2,1-2H3;1H,(H,2,3). The highest BCUT2D eigenvalue weighted by atomic mass is 16.3. The molecule has 0 heterocycles. The number of carboxylic acid groups (broad SMARTS) is 1. The molecule has 3 nitrogen and oxygen atoms in total. The Morgan fingerprint density at radius 1 is 1.70 bits per heavy atom. The molecule has 0 aromatic carbocycles. The van der Waals surface area contributed by atoms with E-state index in [2.05, 4.69) is 13.8 Å². The average Bonchev–Trinajstić information content (AvgIpc) is 1.87. The molecule has 0 bridgehead atoms. The molecular formula is C7H15NO2. The van der Waals surface area contributed by atoms with Crippen LogP contribution < -0.4 is 5.73 Å². The molecule has 1 saturated carbocycles. The van der Waals surface area contributed by atoms with Gasteiger partial charge >= 0.3 is 0 Å². The van der Waals surface area contributed by atoms with E-state index in [0.717, 1.165) is 0 Å². The van der Waals surface area contributed by atoms with Gasteiger partial charge in [-0.3, -0.25) is 4.79 Å². The van der Waals surface area contributed by atoms with Crippen LogP contribution in [0.3, 0.4) is 0 Å². The fraction of sp³-hybridized carbons (Fsp3) is 0.857. The molecule has 0 aromatic heterocycles. The predicted molar refractivity (Wildman–Crippen MR) is 39.7 cm³/mol. The van der Waals surface area contributed by atoms with Crippen LogP contribution in [-0.2, 0) is 4.79 Å². The largest absolute Gasteiger partial charge is 0.483 e. The third-order valence-corrected chi connectivity index (χ3v) is 2.10. The topological polar surface area (TPSA) is 63.3 Å². The van der Waals surface area contributed by atoms with Gasteiger partial charge in [-0.05, 0) is 18.3 Å². The van der Waals surface area contributed by atoms with E-state index in [1.807, 2.05) is 0 Å². The Hall–Kier alpha value is -0.570. The molecule has 1 aliphatic rings. The smallest absolute Gasteiger partial charge is 0.290 e. The normalized spacial score (nSPS) is 27.3. The number of carbonyl (C=O) groups is 1. The Morgan fingerprint density at radius 3 is 2.00 bits per heavy atom. The van der Waals surface area contributed by atoms with E-state index in [1.54, 1.807) is 0 Å². The van der Waals surface area contributed by atoms with Crippen LogP contribution in [0.15, 0.2) is 0 Å². The summed E-state index contributed by atoms with van der Waals surface area (Å²) in [6.45, 7) is 4.20. The van der Waals surface area contributed by atoms with Crippen LogP contribution in [0, 0.1) is 5.41 Å². The third-order valence-electron chi connectivity index (χ3n) is 2.10. The molecule has 1 unspecified atom stereocenters. The van der Waals surface area contributed by atoms with Gasteiger partial charge in [0, 0.05) is 6.04 Å². The van der Waals surface area contributed by atoms with Crippen molar-refractivity contribution in [3.63, 3.8) is 0 Å². The van der Waals surface area contributed by atoms with Crippen LogP contribution in [0.4, 0.5) is 0 Å². The first kappa shape index (κ1) is 9.43. The van der Waals surface area contributed by atoms with Crippen molar-refractivity contribution in [2.45, 2.75) is 32.7 Å². The minimum atomic E-state index is -0.250. The predicted octanol–water partition coefficient (Wildman–Crippen LogP) is 0.834. The summed E-state index contributed by atoms with van der Waals surface area (Å²) in [5.41, 5.74) is 6.11. The Labute approximate surface area is 61.2 Å². The molecule has 0 aliphatic heterocycles. The summed E-state index contributed by atoms with van der Waals surface area (Å²) in [6.07, 6.45) is 2.54. The van der Waals surface area contributed by atoms with Gasteiger partial charge in [-0.2, -0.15) is 0 Å². The lowest BCUT2D eigenvalue weighted by Gasteiger charge is -2.41. The third kappa shape index (κ3) is 2.35. The van der Waals surface area contributed by atoms with Crippen molar-refractivity contribution < 1.29 is 9.90 Å². The zero-order chi connectivity index (χ0) is 8.20. The summed E-state index contributed by atoms with van der Waals surface area (Å²) in [5, 5.41) is 6.89. The lowest BCUT2D eigenvalue weighted by molar-refractivity contribution is -0.122. The van der Waals surface area contributed by atoms with Gasteiger partial charge in [0.15, 0.2) is 0 Å². The first-order chi connectivity index (χ1) is 4.54. The van der Waals surface area contributed by atoms with Gasteiger partial charge in [0.25, 0.3) is 6.47 Å². The van der Waals surface area contributed by atoms with Crippen molar-refractivity contribution in [3.05, 3.63) is 0 Å². The Kier molecular flexibility index (Phi) is 3.36. The van der Waals surface area contributed by atoms with Gasteiger partial charge in [0.1, 0.15) is 0 Å². The van der Waals surface area contributed by atoms with Crippen LogP contribution in [0.1, 0.15) is 26.7 Å². The van der Waals surface area contributed by atoms with Crippen LogP contribution in [-0.4, -0.2) is 17.6 Å². The number of hydrogen-bond donors (Lipinski definition) is 2. The fourth-order valence-electron chi connectivity index (χ4n) is 0.888. The summed E-state index contributed by atoms with van der Waals surface area (Å²) in [7, 11) is 0. The summed E-state index contributed by atoms with van der Waals surface area (Å²) in [5.74, 6) is 0. The maximum atomic E-state index is 8.36. The van der Waals surface area contributed by atoms with Crippen LogP contribution in [0.2, 0.25) is 0 Å². The van der Waals surface area contributed by atoms with Gasteiger partial charge in [-0.1, -0.05) is 13.8 Å². The molecule has 60 valence electrons. The van der Waals surface area contributed by atoms with E-state index < -0.39 is 0 Å². The van der Waals surface area contributed by atoms with Crippen molar-refractivity contribution in [2.24, 2.45) is 11.1 Å². The Morgan fingerprint density at radius 2 is 2.00 bits per heavy atom. The first-order valence-corrected chi connectivity index (χ1v) is 3.38. The highest BCUT2D eigenvalue weighted by Gasteiger charge is 2.34. The average molecular weight is 145 g/mol. The second-order valence-electron chi connectivity index (χ2n) is 3.24. The van der Waals surface area contributed by atoms with Crippen molar-refractivity contribution >= 4 is 6.47 Å². The molecule has 1 fully saturated rings. The van der Waals surface area contributed by atoms with E-state index in [9.17, 15) is 0 Å². The summed E-state index contributed by atoms with van der Waals surface area (Å²) in [6, 6.07) is 0.479. The van der Waals surface area contributed by atoms with Crippen LogP contribution in [0.5, 0.6) is 0 Å². The van der Waals surface area contributed by atoms with Gasteiger partial charge in [-0.25, -0.2) is 0 Å². The summed E-state index contributed by atoms with van der Waals surface area (Å²) < 4.78 is 0. The highest BCUT2D eigenvalue weighted by molar-refractivity contribution is 5.32. The van der Waals surface area contributed by atoms with Gasteiger partial charge in [0.05, 0.1) is 0 Å². The van der Waals surface area contributed by atoms with E-state index in [1.165, 1.54) is 12.8 Å². The second-order valence-corrected chi connectivity index (χ2v) is 3.24. The molecule has 0 radical (unpaired) electrons. The van der Waals surface area contributed by atoms with Gasteiger partial charge in [-0.15, -0.1) is 0 Å². The number of rotatable bonds is 0. The van der Waals surface area contributed by atoms with Crippen molar-refractivity contribution in [1.29, 1.82) is 0 Å². The zero-order valence-corrected chi connectivity index (χ0v) is 6.50. The first-order valence-electron chi connectivity index (χ1n) is 3.38. The molecular weight excluding hydrogens is 130 g/mol. The quantitative estimate of drug-likeness (QED) is 0.496. The molecule has 3 N–H and O–H groups in total. The Bertz CT molecular complexity index is 112. The van der Waals surface area contributed by atoms with E-state index in [0.29, 0.717) is 11.5 Å². The molecule has 3 heteroatoms. The highest BCUT2D eigenvalue weighted by Crippen LogP contribution is 2.37. The monoisotopic (exact) mass is 145 g/mol. The molecule has 0 aromatic rings. The molecule has 10 heavy (non-hydrogen) atoms. The lowest BCUT2D eigenvalue weighted by Crippen LogP contribution is -2.46. The van der Waals surface area contributed by atoms with Gasteiger partial charge < -0.3 is 10.8 Å². The van der Waals surface area contributed by atoms with E-state index in [-0.39, 0.29) is 6.47 Å². The molecule has 0 spiro atoms. The molecule has 1 rings (SSSR count). The minimum Gasteiger partial charge on any atom is -0.483 e. The maximum absolute atomic E-state index is 8.36. The van der Waals surface area contributed by atoms with E-state index in [4.69, 9.17) is 15.6 Å². The molecule has 0 amide bonds. The lowest BCUT2D eigenvalue weighted by atomic mass is 9.68. The number of hydrogen-bond acceptors (Lipinski definition) is 2. The van der Waals surface area contributed by atoms with Crippen molar-refractivity contribution in [3.8, 4) is 0 Å². The summed E-state index contributed by atoms with van der Waals surface area (Å²) in [4.78, 5) is 8.36. The van der Waals surface area contributed by atoms with Gasteiger partial charge in [0.2, 0.25) is 0 Å². The summed E-state index contributed by atoms with van der Waals surface area (Å²) >= 11 is 0. The fourth-order valence-corrected chi connectivity index (χ4v) is 0.888. The number of nitrogens with two attached hydrogens (primary N) is 1. The van der Waals surface area contributed by atoms with Crippen molar-refractivity contribution in [1.82, 2.24) is 0 Å². The molecule has 0 saturated heterocycles. The van der Waals surface area contributed by atoms with Crippen LogP contribution >= 0.6 is 0 Å². The minimum absolute atomic E-state index is 0.250. The van der Waals surface area contributed by atoms with Crippen molar-refractivity contribution in [2.75, 3.05) is 0 Å². The molecule has 1 atom stereocenters. The van der Waals surface area contributed by atoms with E-state index >= 15 is 0 Å². The zero-order valence-electron chi connectivity index (χ0n) is 6.50. The maximum Gasteiger partial charge on any atom is 0.290 e.